The summed E-state index contributed by atoms with van der Waals surface area (Å²) >= 11 is 7.61. The van der Waals surface area contributed by atoms with E-state index in [0.717, 1.165) is 29.0 Å². The smallest absolute Gasteiger partial charge is 0.233 e. The number of hydrogen-bond donors (Lipinski definition) is 1. The molecule has 1 atom stereocenters. The zero-order chi connectivity index (χ0) is 19.2. The van der Waals surface area contributed by atoms with E-state index in [1.807, 2.05) is 54.3 Å². The van der Waals surface area contributed by atoms with Gasteiger partial charge >= 0.3 is 0 Å². The first-order chi connectivity index (χ1) is 13.0. The highest BCUT2D eigenvalue weighted by atomic mass is 35.5. The molecule has 142 valence electrons. The maximum absolute atomic E-state index is 12.4. The van der Waals surface area contributed by atoms with E-state index >= 15 is 0 Å². The van der Waals surface area contributed by atoms with Gasteiger partial charge in [-0.15, -0.1) is 11.8 Å². The van der Waals surface area contributed by atoms with Crippen molar-refractivity contribution in [2.75, 3.05) is 6.54 Å². The van der Waals surface area contributed by atoms with Crippen LogP contribution >= 0.6 is 23.4 Å². The summed E-state index contributed by atoms with van der Waals surface area (Å²) in [7, 11) is 0. The first-order valence-corrected chi connectivity index (χ1v) is 10.3. The van der Waals surface area contributed by atoms with Crippen molar-refractivity contribution in [3.63, 3.8) is 0 Å². The molecule has 2 amide bonds. The van der Waals surface area contributed by atoms with Crippen LogP contribution < -0.4 is 5.32 Å². The zero-order valence-corrected chi connectivity index (χ0v) is 16.9. The van der Waals surface area contributed by atoms with Crippen LogP contribution in [0.25, 0.3) is 0 Å². The van der Waals surface area contributed by atoms with Crippen LogP contribution in [0, 0.1) is 0 Å². The van der Waals surface area contributed by atoms with Gasteiger partial charge in [0.1, 0.15) is 0 Å². The summed E-state index contributed by atoms with van der Waals surface area (Å²) < 4.78 is 0. The normalized spacial score (nSPS) is 15.0. The van der Waals surface area contributed by atoms with Crippen molar-refractivity contribution in [2.45, 2.75) is 43.0 Å². The Hall–Kier alpha value is -1.98. The van der Waals surface area contributed by atoms with Gasteiger partial charge in [-0.1, -0.05) is 48.0 Å². The third-order valence-electron chi connectivity index (χ3n) is 4.51. The van der Waals surface area contributed by atoms with Crippen LogP contribution in [0.2, 0.25) is 5.02 Å². The van der Waals surface area contributed by atoms with Crippen LogP contribution in [-0.4, -0.2) is 28.5 Å². The van der Waals surface area contributed by atoms with E-state index in [9.17, 15) is 9.59 Å². The molecule has 3 rings (SSSR count). The molecule has 4 nitrogen and oxygen atoms in total. The highest BCUT2D eigenvalue weighted by molar-refractivity contribution is 8.00. The second-order valence-electron chi connectivity index (χ2n) is 6.65. The fraction of sp³-hybridized carbons (Fsp3) is 0.333. The quantitative estimate of drug-likeness (QED) is 0.704. The lowest BCUT2D eigenvalue weighted by atomic mass is 10.1. The Morgan fingerprint density at radius 2 is 2.00 bits per heavy atom. The lowest BCUT2D eigenvalue weighted by molar-refractivity contribution is -0.128. The van der Waals surface area contributed by atoms with Crippen molar-refractivity contribution in [3.8, 4) is 0 Å². The monoisotopic (exact) mass is 402 g/mol. The minimum atomic E-state index is -0.240. The molecule has 1 unspecified atom stereocenters. The first kappa shape index (κ1) is 19.8. The number of halogens is 1. The average molecular weight is 403 g/mol. The molecule has 1 aliphatic rings. The fourth-order valence-electron chi connectivity index (χ4n) is 3.05. The molecule has 0 aromatic heterocycles. The van der Waals surface area contributed by atoms with Crippen molar-refractivity contribution in [1.82, 2.24) is 10.2 Å². The number of nitrogens with zero attached hydrogens (tertiary/aromatic N) is 1. The van der Waals surface area contributed by atoms with Gasteiger partial charge in [-0.05, 0) is 36.6 Å². The van der Waals surface area contributed by atoms with Crippen LogP contribution in [0.15, 0.2) is 53.4 Å². The maximum Gasteiger partial charge on any atom is 0.233 e. The van der Waals surface area contributed by atoms with E-state index in [2.05, 4.69) is 11.4 Å². The summed E-state index contributed by atoms with van der Waals surface area (Å²) in [4.78, 5) is 27.0. The first-order valence-electron chi connectivity index (χ1n) is 9.07. The Bertz CT molecular complexity index is 827. The summed E-state index contributed by atoms with van der Waals surface area (Å²) in [6.45, 7) is 3.81. The summed E-state index contributed by atoms with van der Waals surface area (Å²) in [5, 5.41) is 3.40. The van der Waals surface area contributed by atoms with Gasteiger partial charge in [0.2, 0.25) is 11.8 Å². The largest absolute Gasteiger partial charge is 0.351 e. The number of hydrogen-bond acceptors (Lipinski definition) is 3. The molecule has 0 radical (unpaired) electrons. The molecule has 27 heavy (non-hydrogen) atoms. The van der Waals surface area contributed by atoms with E-state index in [1.165, 1.54) is 11.8 Å². The van der Waals surface area contributed by atoms with Gasteiger partial charge in [0.05, 0.1) is 10.3 Å². The molecule has 2 aromatic carbocycles. The Balaban J connectivity index is 1.53. The number of carbonyl (C=O) groups excluding carboxylic acids is 2. The van der Waals surface area contributed by atoms with E-state index in [-0.39, 0.29) is 17.1 Å². The van der Waals surface area contributed by atoms with Crippen LogP contribution in [0.3, 0.4) is 0 Å². The Morgan fingerprint density at radius 3 is 2.74 bits per heavy atom. The summed E-state index contributed by atoms with van der Waals surface area (Å²) in [6.07, 6.45) is 1.59. The predicted molar refractivity (Wildman–Crippen MR) is 110 cm³/mol. The summed E-state index contributed by atoms with van der Waals surface area (Å²) in [5.41, 5.74) is 2.12. The van der Waals surface area contributed by atoms with Gasteiger partial charge in [0.15, 0.2) is 0 Å². The van der Waals surface area contributed by atoms with Crippen LogP contribution in [0.5, 0.6) is 0 Å². The average Bonchev–Trinajstić information content (AvgIpc) is 3.06. The third kappa shape index (κ3) is 5.50. The highest BCUT2D eigenvalue weighted by Gasteiger charge is 2.20. The third-order valence-corrected chi connectivity index (χ3v) is 6.13. The minimum Gasteiger partial charge on any atom is -0.351 e. The molecule has 1 N–H and O–H groups in total. The van der Waals surface area contributed by atoms with Crippen molar-refractivity contribution < 1.29 is 9.59 Å². The topological polar surface area (TPSA) is 49.4 Å². The van der Waals surface area contributed by atoms with Crippen LogP contribution in [-0.2, 0) is 22.7 Å². The van der Waals surface area contributed by atoms with Gasteiger partial charge in [0, 0.05) is 31.0 Å². The number of likely N-dealkylation sites (tertiary alicyclic amines) is 1. The predicted octanol–water partition coefficient (Wildman–Crippen LogP) is 4.26. The molecule has 0 bridgehead atoms. The van der Waals surface area contributed by atoms with Crippen molar-refractivity contribution >= 4 is 35.2 Å². The molecule has 1 saturated heterocycles. The molecule has 0 spiro atoms. The number of amides is 2. The summed E-state index contributed by atoms with van der Waals surface area (Å²) in [5.74, 6) is 0.194. The SMILES string of the molecule is CC(Sc1ccccc1Cl)C(=O)NCc1cccc(CN2CCCC2=O)c1. The van der Waals surface area contributed by atoms with Gasteiger partial charge in [-0.25, -0.2) is 0 Å². The van der Waals surface area contributed by atoms with E-state index in [1.54, 1.807) is 0 Å². The molecule has 1 heterocycles. The molecular formula is C21H23ClN2O2S. The number of rotatable bonds is 7. The van der Waals surface area contributed by atoms with Crippen LogP contribution in [0.4, 0.5) is 0 Å². The van der Waals surface area contributed by atoms with Gasteiger partial charge in [-0.3, -0.25) is 9.59 Å². The zero-order valence-electron chi connectivity index (χ0n) is 15.3. The maximum atomic E-state index is 12.4. The van der Waals surface area contributed by atoms with E-state index < -0.39 is 0 Å². The van der Waals surface area contributed by atoms with Gasteiger partial charge in [-0.2, -0.15) is 0 Å². The number of nitrogens with one attached hydrogen (secondary N) is 1. The number of benzene rings is 2. The molecule has 2 aromatic rings. The van der Waals surface area contributed by atoms with Gasteiger partial charge in [0.25, 0.3) is 0 Å². The number of thioether (sulfide) groups is 1. The minimum absolute atomic E-state index is 0.0277. The van der Waals surface area contributed by atoms with Crippen LogP contribution in [0.1, 0.15) is 30.9 Å². The number of carbonyl (C=O) groups is 2. The highest BCUT2D eigenvalue weighted by Crippen LogP contribution is 2.30. The molecule has 1 fully saturated rings. The molecule has 1 aliphatic heterocycles. The van der Waals surface area contributed by atoms with Gasteiger partial charge < -0.3 is 10.2 Å². The Kier molecular flexibility index (Phi) is 6.80. The van der Waals surface area contributed by atoms with E-state index in [0.29, 0.717) is 24.5 Å². The summed E-state index contributed by atoms with van der Waals surface area (Å²) in [6, 6.07) is 15.6. The lowest BCUT2D eigenvalue weighted by Gasteiger charge is -2.16. The van der Waals surface area contributed by atoms with Crippen molar-refractivity contribution in [2.24, 2.45) is 0 Å². The second-order valence-corrected chi connectivity index (χ2v) is 8.44. The molecule has 0 aliphatic carbocycles. The lowest BCUT2D eigenvalue weighted by Crippen LogP contribution is -2.30. The fourth-order valence-corrected chi connectivity index (χ4v) is 4.23. The van der Waals surface area contributed by atoms with Crippen molar-refractivity contribution in [3.05, 3.63) is 64.7 Å². The second kappa shape index (κ2) is 9.29. The Labute approximate surface area is 169 Å². The molecule has 6 heteroatoms. The molecular weight excluding hydrogens is 380 g/mol. The van der Waals surface area contributed by atoms with Crippen molar-refractivity contribution in [1.29, 1.82) is 0 Å². The van der Waals surface area contributed by atoms with E-state index in [4.69, 9.17) is 11.6 Å². The molecule has 0 saturated carbocycles. The standard InChI is InChI=1S/C21H23ClN2O2S/c1-15(27-19-9-3-2-8-18(19)22)21(26)23-13-16-6-4-7-17(12-16)14-24-11-5-10-20(24)25/h2-4,6-9,12,15H,5,10-11,13-14H2,1H3,(H,23,26). The Morgan fingerprint density at radius 1 is 1.22 bits per heavy atom.